The molecule has 0 aliphatic carbocycles. The van der Waals surface area contributed by atoms with Crippen LogP contribution in [0.25, 0.3) is 22.7 Å². The van der Waals surface area contributed by atoms with E-state index in [2.05, 4.69) is 9.97 Å². The summed E-state index contributed by atoms with van der Waals surface area (Å²) in [5.74, 6) is -0.729. The highest BCUT2D eigenvalue weighted by atomic mass is 19.4. The number of aromatic nitrogens is 2. The van der Waals surface area contributed by atoms with Crippen molar-refractivity contribution in [1.29, 1.82) is 0 Å². The third-order valence-corrected chi connectivity index (χ3v) is 3.57. The Hall–Kier alpha value is -3.09. The highest BCUT2D eigenvalue weighted by Gasteiger charge is 2.30. The first-order valence-corrected chi connectivity index (χ1v) is 6.97. The molecule has 0 bridgehead atoms. The van der Waals surface area contributed by atoms with Crippen LogP contribution in [0.15, 0.2) is 48.8 Å². The van der Waals surface area contributed by atoms with Gasteiger partial charge in [-0.1, -0.05) is 12.1 Å². The van der Waals surface area contributed by atoms with Gasteiger partial charge in [-0.05, 0) is 35.9 Å². The van der Waals surface area contributed by atoms with Gasteiger partial charge in [-0.25, -0.2) is 4.98 Å². The number of pyridine rings is 1. The number of nitrogens with two attached hydrogens (primary N) is 1. The number of rotatable bonds is 3. The first kappa shape index (κ1) is 15.8. The zero-order valence-corrected chi connectivity index (χ0v) is 12.3. The number of hydrogen-bond donors (Lipinski definition) is 2. The lowest BCUT2D eigenvalue weighted by Gasteiger charge is -2.08. The van der Waals surface area contributed by atoms with E-state index in [0.29, 0.717) is 16.8 Å². The molecule has 7 heteroatoms. The number of hydrogen-bond acceptors (Lipinski definition) is 2. The quantitative estimate of drug-likeness (QED) is 0.720. The number of carbonyl (C=O) groups is 1. The molecule has 0 spiro atoms. The molecular formula is C17H12F3N3O. The number of benzene rings is 1. The summed E-state index contributed by atoms with van der Waals surface area (Å²) in [6.45, 7) is 0. The number of nitrogens with one attached hydrogen (secondary N) is 1. The lowest BCUT2D eigenvalue weighted by molar-refractivity contribution is -0.137. The van der Waals surface area contributed by atoms with Crippen LogP contribution in [0, 0.1) is 0 Å². The second-order valence-corrected chi connectivity index (χ2v) is 5.14. The maximum atomic E-state index is 12.6. The number of H-pyrrole nitrogens is 1. The summed E-state index contributed by atoms with van der Waals surface area (Å²) in [6.07, 6.45) is 0.380. The van der Waals surface area contributed by atoms with Gasteiger partial charge < -0.3 is 10.7 Å². The van der Waals surface area contributed by atoms with Crippen LogP contribution in [-0.2, 0) is 11.0 Å². The minimum atomic E-state index is -4.43. The first-order valence-electron chi connectivity index (χ1n) is 6.97. The van der Waals surface area contributed by atoms with E-state index < -0.39 is 17.6 Å². The second-order valence-electron chi connectivity index (χ2n) is 5.14. The summed E-state index contributed by atoms with van der Waals surface area (Å²) in [4.78, 5) is 18.8. The number of amides is 1. The molecule has 122 valence electrons. The summed E-state index contributed by atoms with van der Waals surface area (Å²) >= 11 is 0. The monoisotopic (exact) mass is 331 g/mol. The van der Waals surface area contributed by atoms with E-state index >= 15 is 0 Å². The Bertz CT molecular complexity index is 924. The van der Waals surface area contributed by atoms with Gasteiger partial charge in [0.25, 0.3) is 0 Å². The minimum Gasteiger partial charge on any atom is -0.366 e. The van der Waals surface area contributed by atoms with Crippen molar-refractivity contribution in [2.75, 3.05) is 0 Å². The maximum absolute atomic E-state index is 12.6. The van der Waals surface area contributed by atoms with Gasteiger partial charge in [0, 0.05) is 28.9 Å². The SMILES string of the molecule is NC(=O)/C(=C/c1c[nH]c2ncccc12)c1ccc(C(F)(F)F)cc1. The van der Waals surface area contributed by atoms with E-state index in [9.17, 15) is 18.0 Å². The predicted molar refractivity (Wildman–Crippen MR) is 84.6 cm³/mol. The van der Waals surface area contributed by atoms with E-state index in [1.54, 1.807) is 18.5 Å². The fraction of sp³-hybridized carbons (Fsp3) is 0.0588. The smallest absolute Gasteiger partial charge is 0.366 e. The molecule has 0 fully saturated rings. The Kier molecular flexibility index (Phi) is 3.84. The van der Waals surface area contributed by atoms with E-state index in [1.165, 1.54) is 18.2 Å². The zero-order valence-electron chi connectivity index (χ0n) is 12.3. The molecule has 0 atom stereocenters. The van der Waals surface area contributed by atoms with Gasteiger partial charge in [-0.3, -0.25) is 4.79 Å². The number of fused-ring (bicyclic) bond motifs is 1. The lowest BCUT2D eigenvalue weighted by atomic mass is 10.0. The van der Waals surface area contributed by atoms with Crippen molar-refractivity contribution in [3.8, 4) is 0 Å². The van der Waals surface area contributed by atoms with Crippen LogP contribution in [0.3, 0.4) is 0 Å². The third kappa shape index (κ3) is 3.01. The molecule has 24 heavy (non-hydrogen) atoms. The Morgan fingerprint density at radius 3 is 2.50 bits per heavy atom. The molecular weight excluding hydrogens is 319 g/mol. The van der Waals surface area contributed by atoms with Gasteiger partial charge in [0.2, 0.25) is 5.91 Å². The highest BCUT2D eigenvalue weighted by molar-refractivity contribution is 6.24. The van der Waals surface area contributed by atoms with Gasteiger partial charge in [-0.15, -0.1) is 0 Å². The minimum absolute atomic E-state index is 0.119. The van der Waals surface area contributed by atoms with Crippen LogP contribution in [0.2, 0.25) is 0 Å². The van der Waals surface area contributed by atoms with Crippen LogP contribution < -0.4 is 5.73 Å². The molecule has 3 aromatic rings. The number of carbonyl (C=O) groups excluding carboxylic acids is 1. The molecule has 2 heterocycles. The van der Waals surface area contributed by atoms with Crippen LogP contribution in [0.5, 0.6) is 0 Å². The Balaban J connectivity index is 2.06. The van der Waals surface area contributed by atoms with Gasteiger partial charge in [0.1, 0.15) is 5.65 Å². The lowest BCUT2D eigenvalue weighted by Crippen LogP contribution is -2.13. The maximum Gasteiger partial charge on any atom is 0.416 e. The van der Waals surface area contributed by atoms with Crippen molar-refractivity contribution in [2.45, 2.75) is 6.18 Å². The van der Waals surface area contributed by atoms with E-state index in [1.807, 2.05) is 6.07 Å². The molecule has 0 radical (unpaired) electrons. The average molecular weight is 331 g/mol. The van der Waals surface area contributed by atoms with Crippen LogP contribution in [0.1, 0.15) is 16.7 Å². The van der Waals surface area contributed by atoms with Crippen LogP contribution >= 0.6 is 0 Å². The van der Waals surface area contributed by atoms with Crippen molar-refractivity contribution in [3.63, 3.8) is 0 Å². The Morgan fingerprint density at radius 2 is 1.88 bits per heavy atom. The van der Waals surface area contributed by atoms with Gasteiger partial charge >= 0.3 is 6.18 Å². The van der Waals surface area contributed by atoms with Crippen molar-refractivity contribution >= 4 is 28.6 Å². The average Bonchev–Trinajstić information content (AvgIpc) is 2.95. The standard InChI is InChI=1S/C17H12F3N3O/c18-17(19,20)12-5-3-10(4-6-12)14(15(21)24)8-11-9-23-16-13(11)2-1-7-22-16/h1-9H,(H2,21,24)(H,22,23)/b14-8+. The summed E-state index contributed by atoms with van der Waals surface area (Å²) < 4.78 is 37.9. The molecule has 0 aliphatic rings. The molecule has 0 saturated heterocycles. The molecule has 0 aliphatic heterocycles. The topological polar surface area (TPSA) is 71.8 Å². The number of alkyl halides is 3. The van der Waals surface area contributed by atoms with E-state index in [0.717, 1.165) is 17.5 Å². The summed E-state index contributed by atoms with van der Waals surface area (Å²) in [5.41, 5.74) is 6.36. The molecule has 1 amide bonds. The van der Waals surface area contributed by atoms with E-state index in [4.69, 9.17) is 5.73 Å². The van der Waals surface area contributed by atoms with Gasteiger partial charge in [0.05, 0.1) is 5.56 Å². The largest absolute Gasteiger partial charge is 0.416 e. The Labute approximate surface area is 134 Å². The molecule has 2 aromatic heterocycles. The van der Waals surface area contributed by atoms with Crippen LogP contribution in [-0.4, -0.2) is 15.9 Å². The number of halogens is 3. The van der Waals surface area contributed by atoms with E-state index in [-0.39, 0.29) is 5.57 Å². The normalized spacial score (nSPS) is 12.5. The molecule has 3 rings (SSSR count). The molecule has 0 unspecified atom stereocenters. The second kappa shape index (κ2) is 5.84. The van der Waals surface area contributed by atoms with Gasteiger partial charge in [-0.2, -0.15) is 13.2 Å². The first-order chi connectivity index (χ1) is 11.4. The summed E-state index contributed by atoms with van der Waals surface area (Å²) in [6, 6.07) is 7.86. The highest BCUT2D eigenvalue weighted by Crippen LogP contribution is 2.30. The Morgan fingerprint density at radius 1 is 1.17 bits per heavy atom. The number of primary amides is 1. The third-order valence-electron chi connectivity index (χ3n) is 3.57. The molecule has 3 N–H and O–H groups in total. The summed E-state index contributed by atoms with van der Waals surface area (Å²) in [5, 5.41) is 0.781. The predicted octanol–water partition coefficient (Wildman–Crippen LogP) is 3.61. The molecule has 4 nitrogen and oxygen atoms in total. The summed E-state index contributed by atoms with van der Waals surface area (Å²) in [7, 11) is 0. The van der Waals surface area contributed by atoms with Gasteiger partial charge in [0.15, 0.2) is 0 Å². The number of nitrogens with zero attached hydrogens (tertiary/aromatic N) is 1. The van der Waals surface area contributed by atoms with Crippen LogP contribution in [0.4, 0.5) is 13.2 Å². The zero-order chi connectivity index (χ0) is 17.3. The fourth-order valence-corrected chi connectivity index (χ4v) is 2.39. The van der Waals surface area contributed by atoms with Crippen molar-refractivity contribution < 1.29 is 18.0 Å². The fourth-order valence-electron chi connectivity index (χ4n) is 2.39. The molecule has 0 saturated carbocycles. The number of aromatic amines is 1. The van der Waals surface area contributed by atoms with Crippen molar-refractivity contribution in [3.05, 3.63) is 65.5 Å². The van der Waals surface area contributed by atoms with Crippen molar-refractivity contribution in [1.82, 2.24) is 9.97 Å². The molecule has 1 aromatic carbocycles. The van der Waals surface area contributed by atoms with Crippen molar-refractivity contribution in [2.24, 2.45) is 5.73 Å².